The molecule has 2 aromatic carbocycles. The van der Waals surface area contributed by atoms with Crippen LogP contribution in [0.3, 0.4) is 0 Å². The number of carbonyl (C=O) groups is 2. The molecule has 0 radical (unpaired) electrons. The smallest absolute Gasteiger partial charge is 0.305 e. The molecule has 0 aliphatic heterocycles. The van der Waals surface area contributed by atoms with Crippen LogP contribution in [0.4, 0.5) is 11.5 Å². The lowest BCUT2D eigenvalue weighted by Gasteiger charge is -2.24. The van der Waals surface area contributed by atoms with Crippen molar-refractivity contribution in [2.45, 2.75) is 70.4 Å². The number of nitro benzene ring substituents is 1. The number of nitrogens with zero attached hydrogens (tertiary/aromatic N) is 3. The number of nitro groups is 1. The molecule has 4 aromatic rings. The van der Waals surface area contributed by atoms with Crippen molar-refractivity contribution in [2.75, 3.05) is 5.32 Å². The SMILES string of the molecule is CC(C)c1ccc(-c2nc3c(C(=O)NC(CC(=O)O)c4cccc([N+](=O)[O-])c4)cccn3c2NC2CCCCC2)cc1. The van der Waals surface area contributed by atoms with Crippen LogP contribution >= 0.6 is 0 Å². The maximum atomic E-state index is 13.7. The Morgan fingerprint density at radius 2 is 1.79 bits per heavy atom. The number of carboxylic acid groups (broad SMARTS) is 1. The van der Waals surface area contributed by atoms with Gasteiger partial charge in [0.05, 0.1) is 22.9 Å². The first-order chi connectivity index (χ1) is 20.2. The Morgan fingerprint density at radius 1 is 1.05 bits per heavy atom. The van der Waals surface area contributed by atoms with Gasteiger partial charge < -0.3 is 15.7 Å². The number of hydrogen-bond donors (Lipinski definition) is 3. The van der Waals surface area contributed by atoms with Crippen LogP contribution in [0.25, 0.3) is 16.9 Å². The summed E-state index contributed by atoms with van der Waals surface area (Å²) in [4.78, 5) is 41.1. The zero-order valence-corrected chi connectivity index (χ0v) is 23.7. The maximum absolute atomic E-state index is 13.7. The van der Waals surface area contributed by atoms with E-state index in [4.69, 9.17) is 4.98 Å². The molecule has 1 atom stereocenters. The van der Waals surface area contributed by atoms with Gasteiger partial charge in [-0.25, -0.2) is 4.98 Å². The Morgan fingerprint density at radius 3 is 2.45 bits per heavy atom. The molecule has 1 unspecified atom stereocenters. The standard InChI is InChI=1S/C32H35N5O5/c1-20(2)21-13-15-22(16-14-21)29-31(33-24-9-4-3-5-10-24)36-17-7-12-26(30(36)35-29)32(40)34-27(19-28(38)39)23-8-6-11-25(18-23)37(41)42/h6-8,11-18,20,24,27,33H,3-5,9-10,19H2,1-2H3,(H,34,40)(H,38,39). The van der Waals surface area contributed by atoms with Gasteiger partial charge in [0, 0.05) is 29.9 Å². The lowest BCUT2D eigenvalue weighted by molar-refractivity contribution is -0.384. The van der Waals surface area contributed by atoms with Crippen molar-refractivity contribution < 1.29 is 19.6 Å². The molecule has 1 amide bonds. The van der Waals surface area contributed by atoms with Crippen LogP contribution in [0, 0.1) is 10.1 Å². The molecule has 42 heavy (non-hydrogen) atoms. The number of nitrogens with one attached hydrogen (secondary N) is 2. The highest BCUT2D eigenvalue weighted by atomic mass is 16.6. The normalized spacial score (nSPS) is 14.5. The molecule has 5 rings (SSSR count). The molecule has 1 aliphatic carbocycles. The summed E-state index contributed by atoms with van der Waals surface area (Å²) in [6.45, 7) is 4.29. The number of aromatic nitrogens is 2. The first-order valence-electron chi connectivity index (χ1n) is 14.4. The monoisotopic (exact) mass is 569 g/mol. The van der Waals surface area contributed by atoms with Gasteiger partial charge in [-0.3, -0.25) is 24.1 Å². The number of carbonyl (C=O) groups excluding carboxylic acids is 1. The summed E-state index contributed by atoms with van der Waals surface area (Å²) in [7, 11) is 0. The van der Waals surface area contributed by atoms with E-state index in [-0.39, 0.29) is 11.3 Å². The van der Waals surface area contributed by atoms with Crippen molar-refractivity contribution >= 4 is 29.0 Å². The second-order valence-electron chi connectivity index (χ2n) is 11.2. The third-order valence-corrected chi connectivity index (χ3v) is 7.86. The number of hydrogen-bond acceptors (Lipinski definition) is 6. The van der Waals surface area contributed by atoms with E-state index in [0.29, 0.717) is 23.2 Å². The average Bonchev–Trinajstić information content (AvgIpc) is 3.35. The lowest BCUT2D eigenvalue weighted by Crippen LogP contribution is -2.30. The molecule has 0 bridgehead atoms. The van der Waals surface area contributed by atoms with Gasteiger partial charge in [-0.1, -0.05) is 69.5 Å². The summed E-state index contributed by atoms with van der Waals surface area (Å²) >= 11 is 0. The number of amides is 1. The van der Waals surface area contributed by atoms with Crippen LogP contribution in [0.5, 0.6) is 0 Å². The number of anilines is 1. The zero-order valence-electron chi connectivity index (χ0n) is 23.7. The third-order valence-electron chi connectivity index (χ3n) is 7.86. The molecule has 0 spiro atoms. The fourth-order valence-electron chi connectivity index (χ4n) is 5.57. The molecule has 218 valence electrons. The topological polar surface area (TPSA) is 139 Å². The van der Waals surface area contributed by atoms with E-state index in [1.54, 1.807) is 18.2 Å². The van der Waals surface area contributed by atoms with Gasteiger partial charge in [0.25, 0.3) is 11.6 Å². The number of non-ortho nitro benzene ring substituents is 1. The van der Waals surface area contributed by atoms with Crippen LogP contribution in [0.15, 0.2) is 66.9 Å². The zero-order chi connectivity index (χ0) is 29.8. The summed E-state index contributed by atoms with van der Waals surface area (Å²) in [5.74, 6) is -0.462. The average molecular weight is 570 g/mol. The molecule has 10 nitrogen and oxygen atoms in total. The van der Waals surface area contributed by atoms with E-state index in [9.17, 15) is 24.8 Å². The van der Waals surface area contributed by atoms with Crippen molar-refractivity contribution in [2.24, 2.45) is 0 Å². The minimum Gasteiger partial charge on any atom is -0.481 e. The molecule has 2 heterocycles. The van der Waals surface area contributed by atoms with Gasteiger partial charge in [-0.15, -0.1) is 0 Å². The second-order valence-corrected chi connectivity index (χ2v) is 11.2. The highest BCUT2D eigenvalue weighted by Gasteiger charge is 2.25. The molecule has 1 fully saturated rings. The summed E-state index contributed by atoms with van der Waals surface area (Å²) in [5.41, 5.74) is 3.74. The van der Waals surface area contributed by atoms with Gasteiger partial charge in [-0.05, 0) is 42.0 Å². The maximum Gasteiger partial charge on any atom is 0.305 e. The number of pyridine rings is 1. The molecule has 1 aliphatic rings. The third kappa shape index (κ3) is 6.27. The Labute approximate surface area is 243 Å². The fourth-order valence-corrected chi connectivity index (χ4v) is 5.57. The predicted octanol–water partition coefficient (Wildman–Crippen LogP) is 6.72. The van der Waals surface area contributed by atoms with E-state index in [1.165, 1.54) is 30.2 Å². The summed E-state index contributed by atoms with van der Waals surface area (Å²) < 4.78 is 1.88. The number of benzene rings is 2. The largest absolute Gasteiger partial charge is 0.481 e. The van der Waals surface area contributed by atoms with Crippen molar-refractivity contribution in [3.63, 3.8) is 0 Å². The number of rotatable bonds is 10. The van der Waals surface area contributed by atoms with Gasteiger partial charge in [-0.2, -0.15) is 0 Å². The number of carboxylic acids is 1. The molecular weight excluding hydrogens is 534 g/mol. The highest BCUT2D eigenvalue weighted by molar-refractivity contribution is 6.01. The molecule has 2 aromatic heterocycles. The number of imidazole rings is 1. The van der Waals surface area contributed by atoms with Crippen LogP contribution in [-0.2, 0) is 4.79 Å². The summed E-state index contributed by atoms with van der Waals surface area (Å²) in [6.07, 6.45) is 7.07. The first-order valence-corrected chi connectivity index (χ1v) is 14.4. The minimum absolute atomic E-state index is 0.181. The van der Waals surface area contributed by atoms with Crippen molar-refractivity contribution in [3.8, 4) is 11.3 Å². The number of aliphatic carboxylic acids is 1. The Kier molecular flexibility index (Phi) is 8.51. The molecule has 10 heteroatoms. The van der Waals surface area contributed by atoms with Gasteiger partial charge >= 0.3 is 5.97 Å². The number of fused-ring (bicyclic) bond motifs is 1. The van der Waals surface area contributed by atoms with Crippen LogP contribution in [-0.4, -0.2) is 37.3 Å². The fraction of sp³-hybridized carbons (Fsp3) is 0.344. The van der Waals surface area contributed by atoms with Crippen molar-refractivity contribution in [3.05, 3.63) is 93.7 Å². The van der Waals surface area contributed by atoms with Crippen LogP contribution in [0.2, 0.25) is 0 Å². The predicted molar refractivity (Wildman–Crippen MR) is 161 cm³/mol. The molecule has 1 saturated carbocycles. The van der Waals surface area contributed by atoms with Crippen molar-refractivity contribution in [1.82, 2.24) is 14.7 Å². The molecular formula is C32H35N5O5. The minimum atomic E-state index is -1.14. The summed E-state index contributed by atoms with van der Waals surface area (Å²) in [5, 5.41) is 27.4. The van der Waals surface area contributed by atoms with E-state index < -0.39 is 29.3 Å². The Balaban J connectivity index is 1.55. The van der Waals surface area contributed by atoms with E-state index in [2.05, 4.69) is 36.6 Å². The van der Waals surface area contributed by atoms with E-state index >= 15 is 0 Å². The first kappa shape index (κ1) is 28.8. The highest BCUT2D eigenvalue weighted by Crippen LogP contribution is 2.33. The second kappa shape index (κ2) is 12.4. The molecule has 0 saturated heterocycles. The Hall–Kier alpha value is -4.73. The lowest BCUT2D eigenvalue weighted by atomic mass is 9.95. The van der Waals surface area contributed by atoms with Gasteiger partial charge in [0.15, 0.2) is 5.65 Å². The Bertz CT molecular complexity index is 1610. The van der Waals surface area contributed by atoms with Crippen LogP contribution in [0.1, 0.15) is 85.8 Å². The summed E-state index contributed by atoms with van der Waals surface area (Å²) in [6, 6.07) is 16.7. The van der Waals surface area contributed by atoms with E-state index in [1.807, 2.05) is 22.7 Å². The van der Waals surface area contributed by atoms with Gasteiger partial charge in [0.1, 0.15) is 11.5 Å². The quantitative estimate of drug-likeness (QED) is 0.142. The van der Waals surface area contributed by atoms with E-state index in [0.717, 1.165) is 42.8 Å². The van der Waals surface area contributed by atoms with Crippen molar-refractivity contribution in [1.29, 1.82) is 0 Å². The molecule has 3 N–H and O–H groups in total. The van der Waals surface area contributed by atoms with Crippen LogP contribution < -0.4 is 10.6 Å². The van der Waals surface area contributed by atoms with Gasteiger partial charge in [0.2, 0.25) is 0 Å².